The summed E-state index contributed by atoms with van der Waals surface area (Å²) in [5.41, 5.74) is 2.03. The minimum absolute atomic E-state index is 0.328. The van der Waals surface area contributed by atoms with Gasteiger partial charge in [-0.15, -0.1) is 11.3 Å². The average molecular weight is 246 g/mol. The number of aromatic nitrogens is 1. The van der Waals surface area contributed by atoms with Gasteiger partial charge in [0.2, 0.25) is 0 Å². The predicted octanol–water partition coefficient (Wildman–Crippen LogP) is 3.94. The Morgan fingerprint density at radius 3 is 2.76 bits per heavy atom. The number of nitrogens with zero attached hydrogens (tertiary/aromatic N) is 2. The number of hydrogen-bond donors (Lipinski definition) is 0. The van der Waals surface area contributed by atoms with Crippen molar-refractivity contribution in [3.05, 3.63) is 40.7 Å². The van der Waals surface area contributed by atoms with Crippen molar-refractivity contribution in [3.8, 4) is 16.6 Å². The molecule has 0 unspecified atom stereocenters. The summed E-state index contributed by atoms with van der Waals surface area (Å²) in [6, 6.07) is 6.20. The fourth-order valence-electron chi connectivity index (χ4n) is 1.47. The van der Waals surface area contributed by atoms with E-state index in [0.29, 0.717) is 17.0 Å². The third-order valence-corrected chi connectivity index (χ3v) is 3.34. The molecule has 1 aromatic heterocycles. The SMILES string of the molecule is CC(C)c1csc(-c2ccc(F)cc2C#N)n1. The molecule has 0 aliphatic carbocycles. The monoisotopic (exact) mass is 246 g/mol. The van der Waals surface area contributed by atoms with Crippen LogP contribution in [0.25, 0.3) is 10.6 Å². The molecule has 0 atom stereocenters. The minimum Gasteiger partial charge on any atom is -0.241 e. The zero-order chi connectivity index (χ0) is 12.4. The summed E-state index contributed by atoms with van der Waals surface area (Å²) >= 11 is 1.48. The molecule has 2 aromatic rings. The van der Waals surface area contributed by atoms with Gasteiger partial charge in [-0.2, -0.15) is 5.26 Å². The summed E-state index contributed by atoms with van der Waals surface area (Å²) in [5.74, 6) is -0.0445. The number of rotatable bonds is 2. The van der Waals surface area contributed by atoms with E-state index in [0.717, 1.165) is 10.7 Å². The molecule has 0 radical (unpaired) electrons. The van der Waals surface area contributed by atoms with Crippen molar-refractivity contribution in [2.45, 2.75) is 19.8 Å². The van der Waals surface area contributed by atoms with E-state index in [1.165, 1.54) is 23.5 Å². The van der Waals surface area contributed by atoms with Crippen LogP contribution in [-0.4, -0.2) is 4.98 Å². The molecule has 0 N–H and O–H groups in total. The number of benzene rings is 1. The summed E-state index contributed by atoms with van der Waals surface area (Å²) < 4.78 is 13.0. The number of thiazole rings is 1. The minimum atomic E-state index is -0.397. The zero-order valence-electron chi connectivity index (χ0n) is 9.57. The molecule has 2 rings (SSSR count). The van der Waals surface area contributed by atoms with Crippen LogP contribution in [0.2, 0.25) is 0 Å². The summed E-state index contributed by atoms with van der Waals surface area (Å²) in [5, 5.41) is 11.7. The predicted molar refractivity (Wildman–Crippen MR) is 66.3 cm³/mol. The highest BCUT2D eigenvalue weighted by Gasteiger charge is 2.11. The van der Waals surface area contributed by atoms with Crippen molar-refractivity contribution in [2.75, 3.05) is 0 Å². The summed E-state index contributed by atoms with van der Waals surface area (Å²) in [7, 11) is 0. The Labute approximate surface area is 103 Å². The maximum Gasteiger partial charge on any atom is 0.124 e. The van der Waals surface area contributed by atoms with Gasteiger partial charge in [0, 0.05) is 10.9 Å². The first kappa shape index (κ1) is 11.7. The number of nitriles is 1. The Balaban J connectivity index is 2.49. The van der Waals surface area contributed by atoms with Crippen molar-refractivity contribution in [3.63, 3.8) is 0 Å². The van der Waals surface area contributed by atoms with Crippen LogP contribution in [-0.2, 0) is 0 Å². The molecule has 17 heavy (non-hydrogen) atoms. The van der Waals surface area contributed by atoms with E-state index in [-0.39, 0.29) is 0 Å². The number of hydrogen-bond acceptors (Lipinski definition) is 3. The standard InChI is InChI=1S/C13H11FN2S/c1-8(2)12-7-17-13(16-12)11-4-3-10(14)5-9(11)6-15/h3-5,7-8H,1-2H3. The molecule has 0 aliphatic heterocycles. The van der Waals surface area contributed by atoms with Gasteiger partial charge in [0.1, 0.15) is 10.8 Å². The molecule has 86 valence electrons. The Morgan fingerprint density at radius 1 is 1.41 bits per heavy atom. The largest absolute Gasteiger partial charge is 0.241 e. The van der Waals surface area contributed by atoms with E-state index < -0.39 is 5.82 Å². The van der Waals surface area contributed by atoms with E-state index in [9.17, 15) is 4.39 Å². The van der Waals surface area contributed by atoms with Crippen LogP contribution >= 0.6 is 11.3 Å². The molecule has 0 aliphatic rings. The molecule has 0 bridgehead atoms. The van der Waals surface area contributed by atoms with E-state index in [2.05, 4.69) is 18.8 Å². The molecule has 0 spiro atoms. The second-order valence-electron chi connectivity index (χ2n) is 4.03. The van der Waals surface area contributed by atoms with E-state index in [1.807, 2.05) is 11.4 Å². The van der Waals surface area contributed by atoms with Crippen LogP contribution in [0.15, 0.2) is 23.6 Å². The highest BCUT2D eigenvalue weighted by molar-refractivity contribution is 7.13. The quantitative estimate of drug-likeness (QED) is 0.804. The molecule has 1 heterocycles. The Hall–Kier alpha value is -1.73. The van der Waals surface area contributed by atoms with Gasteiger partial charge in [0.25, 0.3) is 0 Å². The summed E-state index contributed by atoms with van der Waals surface area (Å²) in [4.78, 5) is 4.46. The van der Waals surface area contributed by atoms with Gasteiger partial charge in [0.05, 0.1) is 17.3 Å². The van der Waals surface area contributed by atoms with Gasteiger partial charge >= 0.3 is 0 Å². The highest BCUT2D eigenvalue weighted by Crippen LogP contribution is 2.29. The van der Waals surface area contributed by atoms with Crippen molar-refractivity contribution >= 4 is 11.3 Å². The van der Waals surface area contributed by atoms with Crippen LogP contribution < -0.4 is 0 Å². The first-order valence-electron chi connectivity index (χ1n) is 5.27. The second kappa shape index (κ2) is 4.64. The third kappa shape index (κ3) is 2.34. The van der Waals surface area contributed by atoms with Crippen LogP contribution in [0.5, 0.6) is 0 Å². The van der Waals surface area contributed by atoms with Crippen LogP contribution in [0, 0.1) is 17.1 Å². The Morgan fingerprint density at radius 2 is 2.18 bits per heavy atom. The first-order valence-corrected chi connectivity index (χ1v) is 6.15. The molecule has 0 saturated heterocycles. The molecule has 0 fully saturated rings. The molecular formula is C13H11FN2S. The lowest BCUT2D eigenvalue weighted by atomic mass is 10.1. The molecule has 0 amide bonds. The third-order valence-electron chi connectivity index (χ3n) is 2.45. The second-order valence-corrected chi connectivity index (χ2v) is 4.89. The Kier molecular flexibility index (Phi) is 3.21. The topological polar surface area (TPSA) is 36.7 Å². The lowest BCUT2D eigenvalue weighted by Crippen LogP contribution is -1.89. The zero-order valence-corrected chi connectivity index (χ0v) is 10.4. The smallest absolute Gasteiger partial charge is 0.124 e. The van der Waals surface area contributed by atoms with Gasteiger partial charge in [-0.05, 0) is 24.1 Å². The van der Waals surface area contributed by atoms with Crippen molar-refractivity contribution in [1.82, 2.24) is 4.98 Å². The van der Waals surface area contributed by atoms with Crippen molar-refractivity contribution in [1.29, 1.82) is 5.26 Å². The van der Waals surface area contributed by atoms with Gasteiger partial charge in [-0.3, -0.25) is 0 Å². The summed E-state index contributed by atoms with van der Waals surface area (Å²) in [6.45, 7) is 4.13. The fourth-order valence-corrected chi connectivity index (χ4v) is 2.49. The van der Waals surface area contributed by atoms with Crippen molar-refractivity contribution in [2.24, 2.45) is 0 Å². The normalized spacial score (nSPS) is 10.5. The van der Waals surface area contributed by atoms with Crippen LogP contribution in [0.4, 0.5) is 4.39 Å². The van der Waals surface area contributed by atoms with E-state index in [1.54, 1.807) is 6.07 Å². The van der Waals surface area contributed by atoms with Gasteiger partial charge < -0.3 is 0 Å². The summed E-state index contributed by atoms with van der Waals surface area (Å²) in [6.07, 6.45) is 0. The van der Waals surface area contributed by atoms with Crippen LogP contribution in [0.3, 0.4) is 0 Å². The number of halogens is 1. The Bertz CT molecular complexity index is 581. The van der Waals surface area contributed by atoms with Gasteiger partial charge in [0.15, 0.2) is 0 Å². The molecule has 2 nitrogen and oxygen atoms in total. The fraction of sp³-hybridized carbons (Fsp3) is 0.231. The maximum atomic E-state index is 13.0. The molecular weight excluding hydrogens is 235 g/mol. The maximum absolute atomic E-state index is 13.0. The molecule has 1 aromatic carbocycles. The van der Waals surface area contributed by atoms with Crippen LogP contribution in [0.1, 0.15) is 31.0 Å². The average Bonchev–Trinajstić information content (AvgIpc) is 2.78. The van der Waals surface area contributed by atoms with Crippen molar-refractivity contribution < 1.29 is 4.39 Å². The van der Waals surface area contributed by atoms with E-state index in [4.69, 9.17) is 5.26 Å². The first-order chi connectivity index (χ1) is 8.11. The van der Waals surface area contributed by atoms with Gasteiger partial charge in [-0.25, -0.2) is 9.37 Å². The lowest BCUT2D eigenvalue weighted by molar-refractivity contribution is 0.627. The van der Waals surface area contributed by atoms with Gasteiger partial charge in [-0.1, -0.05) is 13.8 Å². The molecule has 4 heteroatoms. The molecule has 0 saturated carbocycles. The highest BCUT2D eigenvalue weighted by atomic mass is 32.1. The lowest BCUT2D eigenvalue weighted by Gasteiger charge is -2.00. The van der Waals surface area contributed by atoms with E-state index >= 15 is 0 Å².